The number of aromatic nitrogens is 3. The van der Waals surface area contributed by atoms with E-state index in [-0.39, 0.29) is 16.6 Å². The molecule has 2 aromatic heterocycles. The summed E-state index contributed by atoms with van der Waals surface area (Å²) in [5.41, 5.74) is -0.113. The summed E-state index contributed by atoms with van der Waals surface area (Å²) >= 11 is 0. The molecule has 0 bridgehead atoms. The monoisotopic (exact) mass is 446 g/mol. The molecule has 0 saturated carbocycles. The molecule has 0 saturated heterocycles. The lowest BCUT2D eigenvalue weighted by Crippen LogP contribution is -2.31. The Bertz CT molecular complexity index is 1420. The SMILES string of the molecule is CCCn1c(=O)[nH]c(=O)c2cc(C(=O)Nc3ccc(Oc4ccccc4OC)cc3)cnc21. The molecule has 0 atom stereocenters. The molecule has 0 aliphatic heterocycles. The molecular weight excluding hydrogens is 424 g/mol. The quantitative estimate of drug-likeness (QED) is 0.449. The number of ether oxygens (including phenoxy) is 2. The molecule has 9 nitrogen and oxygen atoms in total. The van der Waals surface area contributed by atoms with Gasteiger partial charge in [-0.05, 0) is 48.9 Å². The molecule has 2 aromatic carbocycles. The topological polar surface area (TPSA) is 115 Å². The van der Waals surface area contributed by atoms with Gasteiger partial charge in [-0.2, -0.15) is 0 Å². The van der Waals surface area contributed by atoms with Crippen LogP contribution in [0.25, 0.3) is 11.0 Å². The molecule has 4 aromatic rings. The minimum absolute atomic E-state index is 0.177. The van der Waals surface area contributed by atoms with Crippen LogP contribution in [0.3, 0.4) is 0 Å². The predicted molar refractivity (Wildman–Crippen MR) is 124 cm³/mol. The number of nitrogens with zero attached hydrogens (tertiary/aromatic N) is 2. The van der Waals surface area contributed by atoms with Crippen molar-refractivity contribution in [2.75, 3.05) is 12.4 Å². The number of aromatic amines is 1. The first-order valence-electron chi connectivity index (χ1n) is 10.4. The molecule has 0 fully saturated rings. The third kappa shape index (κ3) is 4.62. The van der Waals surface area contributed by atoms with Crippen molar-refractivity contribution in [3.05, 3.63) is 87.2 Å². The number of benzene rings is 2. The number of amides is 1. The zero-order valence-electron chi connectivity index (χ0n) is 18.1. The molecule has 9 heteroatoms. The third-order valence-electron chi connectivity index (χ3n) is 4.95. The van der Waals surface area contributed by atoms with Crippen LogP contribution in [0.2, 0.25) is 0 Å². The number of H-pyrrole nitrogens is 1. The molecule has 0 spiro atoms. The van der Waals surface area contributed by atoms with Crippen molar-refractivity contribution >= 4 is 22.6 Å². The zero-order chi connectivity index (χ0) is 23.4. The van der Waals surface area contributed by atoms with Gasteiger partial charge in [0.05, 0.1) is 18.1 Å². The van der Waals surface area contributed by atoms with E-state index < -0.39 is 17.2 Å². The highest BCUT2D eigenvalue weighted by Crippen LogP contribution is 2.31. The normalized spacial score (nSPS) is 10.7. The van der Waals surface area contributed by atoms with Gasteiger partial charge in [0.1, 0.15) is 11.4 Å². The van der Waals surface area contributed by atoms with E-state index >= 15 is 0 Å². The van der Waals surface area contributed by atoms with Crippen LogP contribution in [-0.4, -0.2) is 27.6 Å². The molecule has 0 radical (unpaired) electrons. The number of carbonyl (C=O) groups is 1. The van der Waals surface area contributed by atoms with E-state index in [4.69, 9.17) is 9.47 Å². The Morgan fingerprint density at radius 2 is 1.82 bits per heavy atom. The number of hydrogen-bond donors (Lipinski definition) is 2. The molecule has 0 unspecified atom stereocenters. The molecule has 0 aliphatic carbocycles. The Hall–Kier alpha value is -4.40. The first kappa shape index (κ1) is 21.8. The Kier molecular flexibility index (Phi) is 6.21. The molecule has 4 rings (SSSR count). The molecule has 33 heavy (non-hydrogen) atoms. The summed E-state index contributed by atoms with van der Waals surface area (Å²) in [5, 5.41) is 2.94. The van der Waals surface area contributed by atoms with Gasteiger partial charge in [-0.1, -0.05) is 19.1 Å². The van der Waals surface area contributed by atoms with Crippen molar-refractivity contribution in [2.45, 2.75) is 19.9 Å². The average molecular weight is 446 g/mol. The average Bonchev–Trinajstić information content (AvgIpc) is 2.83. The van der Waals surface area contributed by atoms with E-state index in [9.17, 15) is 14.4 Å². The first-order valence-corrected chi connectivity index (χ1v) is 10.4. The van der Waals surface area contributed by atoms with Crippen molar-refractivity contribution in [1.82, 2.24) is 14.5 Å². The van der Waals surface area contributed by atoms with Crippen molar-refractivity contribution in [3.63, 3.8) is 0 Å². The molecule has 168 valence electrons. The highest BCUT2D eigenvalue weighted by Gasteiger charge is 2.13. The van der Waals surface area contributed by atoms with E-state index in [2.05, 4.69) is 15.3 Å². The number of para-hydroxylation sites is 2. The summed E-state index contributed by atoms with van der Waals surface area (Å²) in [6.07, 6.45) is 2.05. The van der Waals surface area contributed by atoms with E-state index in [0.29, 0.717) is 35.9 Å². The van der Waals surface area contributed by atoms with E-state index in [0.717, 1.165) is 0 Å². The van der Waals surface area contributed by atoms with Gasteiger partial charge in [0.2, 0.25) is 0 Å². The lowest BCUT2D eigenvalue weighted by Gasteiger charge is -2.11. The molecule has 1 amide bonds. The third-order valence-corrected chi connectivity index (χ3v) is 4.95. The second-order valence-electron chi connectivity index (χ2n) is 7.24. The molecule has 0 aliphatic rings. The summed E-state index contributed by atoms with van der Waals surface area (Å²) < 4.78 is 12.5. The van der Waals surface area contributed by atoms with Gasteiger partial charge in [-0.25, -0.2) is 9.78 Å². The number of anilines is 1. The van der Waals surface area contributed by atoms with Gasteiger partial charge in [-0.15, -0.1) is 0 Å². The van der Waals surface area contributed by atoms with Gasteiger partial charge in [0.15, 0.2) is 11.5 Å². The van der Waals surface area contributed by atoms with E-state index in [1.807, 2.05) is 19.1 Å². The summed E-state index contributed by atoms with van der Waals surface area (Å²) in [6, 6.07) is 15.5. The van der Waals surface area contributed by atoms with Crippen LogP contribution in [0.4, 0.5) is 5.69 Å². The first-order chi connectivity index (χ1) is 16.0. The van der Waals surface area contributed by atoms with Gasteiger partial charge in [-0.3, -0.25) is 19.1 Å². The minimum Gasteiger partial charge on any atom is -0.493 e. The Balaban J connectivity index is 1.53. The van der Waals surface area contributed by atoms with Gasteiger partial charge in [0, 0.05) is 18.4 Å². The maximum absolute atomic E-state index is 12.7. The van der Waals surface area contributed by atoms with Crippen LogP contribution in [0.15, 0.2) is 70.4 Å². The number of fused-ring (bicyclic) bond motifs is 1. The number of hydrogen-bond acceptors (Lipinski definition) is 6. The number of aryl methyl sites for hydroxylation is 1. The maximum Gasteiger partial charge on any atom is 0.329 e. The fourth-order valence-electron chi connectivity index (χ4n) is 3.36. The lowest BCUT2D eigenvalue weighted by molar-refractivity contribution is 0.102. The van der Waals surface area contributed by atoms with Gasteiger partial charge >= 0.3 is 5.69 Å². The smallest absolute Gasteiger partial charge is 0.329 e. The van der Waals surface area contributed by atoms with Gasteiger partial charge < -0.3 is 14.8 Å². The minimum atomic E-state index is -0.581. The van der Waals surface area contributed by atoms with E-state index in [1.165, 1.54) is 16.8 Å². The Labute approximate surface area is 188 Å². The van der Waals surface area contributed by atoms with Crippen molar-refractivity contribution in [2.24, 2.45) is 0 Å². The second-order valence-corrected chi connectivity index (χ2v) is 7.24. The van der Waals surface area contributed by atoms with Gasteiger partial charge in [0.25, 0.3) is 11.5 Å². The number of nitrogens with one attached hydrogen (secondary N) is 2. The van der Waals surface area contributed by atoms with Crippen molar-refractivity contribution < 1.29 is 14.3 Å². The fourth-order valence-corrected chi connectivity index (χ4v) is 3.36. The van der Waals surface area contributed by atoms with Crippen LogP contribution in [0.5, 0.6) is 17.2 Å². The fraction of sp³-hybridized carbons (Fsp3) is 0.167. The zero-order valence-corrected chi connectivity index (χ0v) is 18.1. The summed E-state index contributed by atoms with van der Waals surface area (Å²) in [5.74, 6) is 1.32. The van der Waals surface area contributed by atoms with Crippen LogP contribution in [0.1, 0.15) is 23.7 Å². The highest BCUT2D eigenvalue weighted by atomic mass is 16.5. The van der Waals surface area contributed by atoms with Crippen molar-refractivity contribution in [1.29, 1.82) is 0 Å². The largest absolute Gasteiger partial charge is 0.493 e. The van der Waals surface area contributed by atoms with Crippen LogP contribution < -0.4 is 26.0 Å². The summed E-state index contributed by atoms with van der Waals surface area (Å²) in [4.78, 5) is 43.5. The number of rotatable bonds is 7. The maximum atomic E-state index is 12.7. The van der Waals surface area contributed by atoms with Crippen LogP contribution >= 0.6 is 0 Å². The highest BCUT2D eigenvalue weighted by molar-refractivity contribution is 6.05. The Morgan fingerprint density at radius 3 is 2.52 bits per heavy atom. The number of pyridine rings is 1. The summed E-state index contributed by atoms with van der Waals surface area (Å²) in [6.45, 7) is 2.33. The van der Waals surface area contributed by atoms with Crippen molar-refractivity contribution in [3.8, 4) is 17.2 Å². The van der Waals surface area contributed by atoms with E-state index in [1.54, 1.807) is 43.5 Å². The summed E-state index contributed by atoms with van der Waals surface area (Å²) in [7, 11) is 1.57. The molecule has 2 N–H and O–H groups in total. The standard InChI is InChI=1S/C24H22N4O5/c1-3-12-28-21-18(23(30)27-24(28)31)13-15(14-25-21)22(29)26-16-8-10-17(11-9-16)33-20-7-5-4-6-19(20)32-2/h4-11,13-14H,3,12H2,1-2H3,(H,26,29)(H,27,30,31). The number of carbonyl (C=O) groups excluding carboxylic acids is 1. The Morgan fingerprint density at radius 1 is 1.09 bits per heavy atom. The lowest BCUT2D eigenvalue weighted by atomic mass is 10.2. The second kappa shape index (κ2) is 9.39. The molecular formula is C24H22N4O5. The van der Waals surface area contributed by atoms with Crippen LogP contribution in [0, 0.1) is 0 Å². The predicted octanol–water partition coefficient (Wildman–Crippen LogP) is 3.55. The number of methoxy groups -OCH3 is 1. The molecule has 2 heterocycles. The van der Waals surface area contributed by atoms with Crippen LogP contribution in [-0.2, 0) is 6.54 Å².